The van der Waals surface area contributed by atoms with Crippen molar-refractivity contribution in [2.24, 2.45) is 13.0 Å². The molecule has 0 aromatic carbocycles. The molecular formula is C14H25N3O. The molecule has 102 valence electrons. The SMILES string of the molecule is CCCNC(Cc1cnn(C)c1)C1COC(C)C1. The molecule has 18 heavy (non-hydrogen) atoms. The van der Waals surface area contributed by atoms with E-state index in [4.69, 9.17) is 4.74 Å². The first kappa shape index (κ1) is 13.6. The van der Waals surface area contributed by atoms with E-state index in [0.717, 1.165) is 19.6 Å². The summed E-state index contributed by atoms with van der Waals surface area (Å²) in [5, 5.41) is 7.92. The molecule has 0 saturated carbocycles. The fourth-order valence-corrected chi connectivity index (χ4v) is 2.70. The number of nitrogens with one attached hydrogen (secondary N) is 1. The summed E-state index contributed by atoms with van der Waals surface area (Å²) in [5.74, 6) is 0.631. The average molecular weight is 251 g/mol. The van der Waals surface area contributed by atoms with Crippen molar-refractivity contribution in [3.8, 4) is 0 Å². The number of ether oxygens (including phenoxy) is 1. The minimum Gasteiger partial charge on any atom is -0.378 e. The fraction of sp³-hybridized carbons (Fsp3) is 0.786. The van der Waals surface area contributed by atoms with Crippen molar-refractivity contribution < 1.29 is 4.74 Å². The van der Waals surface area contributed by atoms with Crippen molar-refractivity contribution in [3.63, 3.8) is 0 Å². The molecule has 0 spiro atoms. The zero-order chi connectivity index (χ0) is 13.0. The molecule has 2 rings (SSSR count). The minimum absolute atomic E-state index is 0.412. The standard InChI is InChI=1S/C14H25N3O/c1-4-5-15-14(13-6-11(2)18-10-13)7-12-8-16-17(3)9-12/h8-9,11,13-15H,4-7,10H2,1-3H3. The molecule has 1 aliphatic rings. The molecule has 3 unspecified atom stereocenters. The third kappa shape index (κ3) is 3.56. The lowest BCUT2D eigenvalue weighted by atomic mass is 9.92. The summed E-state index contributed by atoms with van der Waals surface area (Å²) < 4.78 is 7.58. The lowest BCUT2D eigenvalue weighted by Gasteiger charge is -2.23. The van der Waals surface area contributed by atoms with Gasteiger partial charge in [-0.1, -0.05) is 6.92 Å². The highest BCUT2D eigenvalue weighted by molar-refractivity contribution is 5.07. The van der Waals surface area contributed by atoms with Crippen LogP contribution in [0.1, 0.15) is 32.3 Å². The van der Waals surface area contributed by atoms with Gasteiger partial charge in [0.05, 0.1) is 18.9 Å². The van der Waals surface area contributed by atoms with Gasteiger partial charge in [-0.3, -0.25) is 4.68 Å². The Balaban J connectivity index is 1.96. The Labute approximate surface area is 110 Å². The van der Waals surface area contributed by atoms with E-state index in [-0.39, 0.29) is 0 Å². The van der Waals surface area contributed by atoms with E-state index in [0.29, 0.717) is 18.1 Å². The zero-order valence-electron chi connectivity index (χ0n) is 11.7. The third-order valence-electron chi connectivity index (χ3n) is 3.67. The van der Waals surface area contributed by atoms with E-state index >= 15 is 0 Å². The Hall–Kier alpha value is -0.870. The van der Waals surface area contributed by atoms with Crippen LogP contribution >= 0.6 is 0 Å². The van der Waals surface area contributed by atoms with Crippen LogP contribution in [0.4, 0.5) is 0 Å². The number of hydrogen-bond acceptors (Lipinski definition) is 3. The van der Waals surface area contributed by atoms with E-state index in [1.165, 1.54) is 18.4 Å². The van der Waals surface area contributed by atoms with Gasteiger partial charge in [-0.05, 0) is 38.3 Å². The molecule has 0 amide bonds. The van der Waals surface area contributed by atoms with Crippen LogP contribution in [0.2, 0.25) is 0 Å². The predicted molar refractivity (Wildman–Crippen MR) is 72.5 cm³/mol. The Kier molecular flexibility index (Phi) is 4.78. The molecule has 0 aliphatic carbocycles. The maximum Gasteiger partial charge on any atom is 0.0551 e. The summed E-state index contributed by atoms with van der Waals surface area (Å²) in [7, 11) is 1.97. The molecule has 4 heteroatoms. The summed E-state index contributed by atoms with van der Waals surface area (Å²) in [6, 6.07) is 0.513. The van der Waals surface area contributed by atoms with Crippen molar-refractivity contribution in [2.75, 3.05) is 13.2 Å². The maximum atomic E-state index is 5.71. The first-order chi connectivity index (χ1) is 8.69. The van der Waals surface area contributed by atoms with Crippen LogP contribution in [0, 0.1) is 5.92 Å². The minimum atomic E-state index is 0.412. The van der Waals surface area contributed by atoms with Gasteiger partial charge in [-0.15, -0.1) is 0 Å². The van der Waals surface area contributed by atoms with Crippen LogP contribution in [-0.2, 0) is 18.2 Å². The molecule has 1 aromatic heterocycles. The van der Waals surface area contributed by atoms with E-state index in [1.807, 2.05) is 17.9 Å². The number of aromatic nitrogens is 2. The molecule has 1 saturated heterocycles. The first-order valence-electron chi connectivity index (χ1n) is 7.01. The van der Waals surface area contributed by atoms with E-state index in [1.54, 1.807) is 0 Å². The van der Waals surface area contributed by atoms with Crippen LogP contribution in [0.15, 0.2) is 12.4 Å². The van der Waals surface area contributed by atoms with Crippen LogP contribution in [0.5, 0.6) is 0 Å². The van der Waals surface area contributed by atoms with Crippen molar-refractivity contribution >= 4 is 0 Å². The summed E-state index contributed by atoms with van der Waals surface area (Å²) >= 11 is 0. The second-order valence-corrected chi connectivity index (χ2v) is 5.43. The van der Waals surface area contributed by atoms with Gasteiger partial charge in [0.15, 0.2) is 0 Å². The molecule has 1 N–H and O–H groups in total. The molecule has 4 nitrogen and oxygen atoms in total. The second-order valence-electron chi connectivity index (χ2n) is 5.43. The number of aryl methyl sites for hydroxylation is 1. The number of nitrogens with zero attached hydrogens (tertiary/aromatic N) is 2. The molecular weight excluding hydrogens is 226 g/mol. The van der Waals surface area contributed by atoms with Gasteiger partial charge in [0.1, 0.15) is 0 Å². The highest BCUT2D eigenvalue weighted by atomic mass is 16.5. The van der Waals surface area contributed by atoms with E-state index in [2.05, 4.69) is 30.5 Å². The smallest absolute Gasteiger partial charge is 0.0551 e. The maximum absolute atomic E-state index is 5.71. The lowest BCUT2D eigenvalue weighted by Crippen LogP contribution is -2.39. The van der Waals surface area contributed by atoms with Crippen LogP contribution in [0.3, 0.4) is 0 Å². The highest BCUT2D eigenvalue weighted by Gasteiger charge is 2.29. The molecule has 0 bridgehead atoms. The summed E-state index contributed by atoms with van der Waals surface area (Å²) in [5.41, 5.74) is 1.31. The van der Waals surface area contributed by atoms with Crippen molar-refractivity contribution in [3.05, 3.63) is 18.0 Å². The molecule has 3 atom stereocenters. The Bertz CT molecular complexity index is 364. The Morgan fingerprint density at radius 2 is 2.44 bits per heavy atom. The normalized spacial score (nSPS) is 25.5. The quantitative estimate of drug-likeness (QED) is 0.837. The number of rotatable bonds is 6. The monoisotopic (exact) mass is 251 g/mol. The first-order valence-corrected chi connectivity index (χ1v) is 7.01. The topological polar surface area (TPSA) is 39.1 Å². The van der Waals surface area contributed by atoms with Gasteiger partial charge in [0, 0.05) is 25.2 Å². The zero-order valence-corrected chi connectivity index (χ0v) is 11.7. The number of hydrogen-bond donors (Lipinski definition) is 1. The van der Waals surface area contributed by atoms with Crippen LogP contribution in [0.25, 0.3) is 0 Å². The van der Waals surface area contributed by atoms with Crippen molar-refractivity contribution in [1.82, 2.24) is 15.1 Å². The van der Waals surface area contributed by atoms with Crippen LogP contribution < -0.4 is 5.32 Å². The molecule has 1 fully saturated rings. The Morgan fingerprint density at radius 1 is 1.61 bits per heavy atom. The van der Waals surface area contributed by atoms with Gasteiger partial charge in [-0.2, -0.15) is 5.10 Å². The van der Waals surface area contributed by atoms with Gasteiger partial charge >= 0.3 is 0 Å². The van der Waals surface area contributed by atoms with Crippen molar-refractivity contribution in [1.29, 1.82) is 0 Å². The highest BCUT2D eigenvalue weighted by Crippen LogP contribution is 2.24. The van der Waals surface area contributed by atoms with E-state index in [9.17, 15) is 0 Å². The second kappa shape index (κ2) is 6.34. The lowest BCUT2D eigenvalue weighted by molar-refractivity contribution is 0.117. The Morgan fingerprint density at radius 3 is 3.00 bits per heavy atom. The third-order valence-corrected chi connectivity index (χ3v) is 3.67. The molecule has 1 aromatic rings. The van der Waals surface area contributed by atoms with Gasteiger partial charge in [0.2, 0.25) is 0 Å². The molecule has 1 aliphatic heterocycles. The van der Waals surface area contributed by atoms with Crippen LogP contribution in [-0.4, -0.2) is 35.1 Å². The van der Waals surface area contributed by atoms with Gasteiger partial charge in [-0.25, -0.2) is 0 Å². The summed E-state index contributed by atoms with van der Waals surface area (Å²) in [6.07, 6.45) is 7.89. The summed E-state index contributed by atoms with van der Waals surface area (Å²) in [4.78, 5) is 0. The van der Waals surface area contributed by atoms with Gasteiger partial charge in [0.25, 0.3) is 0 Å². The van der Waals surface area contributed by atoms with E-state index < -0.39 is 0 Å². The van der Waals surface area contributed by atoms with Gasteiger partial charge < -0.3 is 10.1 Å². The summed E-state index contributed by atoms with van der Waals surface area (Å²) in [6.45, 7) is 6.35. The average Bonchev–Trinajstić information content (AvgIpc) is 2.93. The largest absolute Gasteiger partial charge is 0.378 e. The van der Waals surface area contributed by atoms with Crippen molar-refractivity contribution in [2.45, 2.75) is 45.3 Å². The predicted octanol–water partition coefficient (Wildman–Crippen LogP) is 1.76. The molecule has 0 radical (unpaired) electrons. The fourth-order valence-electron chi connectivity index (χ4n) is 2.70. The molecule has 2 heterocycles.